The first kappa shape index (κ1) is 31.7. The molecule has 2 aromatic carbocycles. The summed E-state index contributed by atoms with van der Waals surface area (Å²) < 4.78 is 11.2. The maximum absolute atomic E-state index is 13.6. The molecule has 2 N–H and O–H groups in total. The first-order valence-electron chi connectivity index (χ1n) is 14.6. The first-order valence-corrected chi connectivity index (χ1v) is 14.6. The van der Waals surface area contributed by atoms with Crippen molar-refractivity contribution in [3.05, 3.63) is 95.5 Å². The number of ether oxygens (including phenoxy) is 2. The fraction of sp³-hybridized carbons (Fsp3) is 0.412. The van der Waals surface area contributed by atoms with Crippen molar-refractivity contribution < 1.29 is 14.3 Å². The smallest absolute Gasteiger partial charge is 0.338 e. The molecule has 1 heterocycles. The molecule has 3 rings (SSSR count). The number of amides is 2. The van der Waals surface area contributed by atoms with E-state index >= 15 is 0 Å². The third-order valence-corrected chi connectivity index (χ3v) is 7.36. The molecule has 2 amide bonds. The number of hydrazine groups is 1. The second kappa shape index (κ2) is 16.4. The minimum Gasteiger partial charge on any atom is -0.501 e. The molecule has 0 aliphatic carbocycles. The van der Waals surface area contributed by atoms with Crippen molar-refractivity contribution in [1.29, 1.82) is 0 Å². The van der Waals surface area contributed by atoms with E-state index < -0.39 is 0 Å². The summed E-state index contributed by atoms with van der Waals surface area (Å²) in [6.07, 6.45) is 12.1. The molecule has 2 aromatic rings. The summed E-state index contributed by atoms with van der Waals surface area (Å²) in [6, 6.07) is 18.5. The van der Waals surface area contributed by atoms with Crippen molar-refractivity contribution in [1.82, 2.24) is 9.91 Å². The number of hydrogen-bond acceptors (Lipinski definition) is 5. The highest BCUT2D eigenvalue weighted by Crippen LogP contribution is 2.27. The van der Waals surface area contributed by atoms with Crippen LogP contribution in [-0.4, -0.2) is 48.6 Å². The number of carbonyl (C=O) groups excluding carboxylic acids is 1. The first-order chi connectivity index (χ1) is 19.9. The number of likely N-dealkylation sites (tertiary alicyclic amines) is 1. The monoisotopic (exact) mass is 558 g/mol. The van der Waals surface area contributed by atoms with Crippen LogP contribution in [0.5, 0.6) is 0 Å². The topological polar surface area (TPSA) is 80.4 Å². The van der Waals surface area contributed by atoms with Crippen molar-refractivity contribution in [3.8, 4) is 0 Å². The molecule has 1 saturated heterocycles. The van der Waals surface area contributed by atoms with Gasteiger partial charge >= 0.3 is 6.03 Å². The number of rotatable bonds is 11. The summed E-state index contributed by atoms with van der Waals surface area (Å²) in [7, 11) is 3.25. The minimum atomic E-state index is -0.155. The fourth-order valence-corrected chi connectivity index (χ4v) is 5.15. The van der Waals surface area contributed by atoms with E-state index in [0.29, 0.717) is 11.7 Å². The quantitative estimate of drug-likeness (QED) is 0.0770. The molecule has 41 heavy (non-hydrogen) atoms. The molecule has 220 valence electrons. The molecular weight excluding hydrogens is 512 g/mol. The van der Waals surface area contributed by atoms with Crippen LogP contribution < -0.4 is 5.84 Å². The standard InChI is InChI=1S/C34H46N4O3/c1-6-8-22-36-33(41-5)32(26(3)40-4)29-20-18-28(19-21-29)30(14-7-2)25-38(35)34(39)37-23-13-12-17-31(37)24-27-15-10-9-11-16-27/h8-11,15-16,18-22,25,31H,6-7,12-14,17,23-24,35H2,1-5H3/b22-8-,30-25+,32-26+,36-33-. The van der Waals surface area contributed by atoms with Gasteiger partial charge in [-0.15, -0.1) is 0 Å². The molecule has 1 aliphatic heterocycles. The molecule has 1 atom stereocenters. The van der Waals surface area contributed by atoms with Gasteiger partial charge in [0.2, 0.25) is 5.90 Å². The number of nitrogens with zero attached hydrogens (tertiary/aromatic N) is 3. The van der Waals surface area contributed by atoms with Gasteiger partial charge in [0.25, 0.3) is 0 Å². The van der Waals surface area contributed by atoms with Gasteiger partial charge in [0, 0.05) is 25.0 Å². The van der Waals surface area contributed by atoms with Crippen molar-refractivity contribution in [2.24, 2.45) is 10.8 Å². The highest BCUT2D eigenvalue weighted by atomic mass is 16.5. The normalized spacial score (nSPS) is 16.9. The summed E-state index contributed by atoms with van der Waals surface area (Å²) >= 11 is 0. The summed E-state index contributed by atoms with van der Waals surface area (Å²) in [6.45, 7) is 6.80. The third kappa shape index (κ3) is 8.82. The lowest BCUT2D eigenvalue weighted by atomic mass is 9.96. The van der Waals surface area contributed by atoms with Gasteiger partial charge in [-0.05, 0) is 67.7 Å². The highest BCUT2D eigenvalue weighted by Gasteiger charge is 2.29. The van der Waals surface area contributed by atoms with Gasteiger partial charge in [0.15, 0.2) is 0 Å². The Morgan fingerprint density at radius 2 is 1.76 bits per heavy atom. The fourth-order valence-electron chi connectivity index (χ4n) is 5.15. The lowest BCUT2D eigenvalue weighted by molar-refractivity contribution is 0.127. The molecule has 0 bridgehead atoms. The van der Waals surface area contributed by atoms with E-state index in [1.807, 2.05) is 60.4 Å². The summed E-state index contributed by atoms with van der Waals surface area (Å²) in [5, 5.41) is 1.28. The van der Waals surface area contributed by atoms with E-state index in [4.69, 9.17) is 15.3 Å². The SMILES string of the molecule is CC\C=C/N=C(OC)/C(=C(\C)OC)c1ccc(/C(=C/N(N)C(=O)N2CCCCC2Cc2ccccc2)CCC)cc1. The number of carbonyl (C=O) groups is 1. The Bertz CT molecular complexity index is 1230. The molecule has 7 heteroatoms. The average Bonchev–Trinajstić information content (AvgIpc) is 3.00. The van der Waals surface area contributed by atoms with Crippen LogP contribution in [0.15, 0.2) is 83.8 Å². The van der Waals surface area contributed by atoms with Crippen molar-refractivity contribution in [2.75, 3.05) is 20.8 Å². The molecule has 0 radical (unpaired) electrons. The number of allylic oxidation sites excluding steroid dienone is 3. The van der Waals surface area contributed by atoms with Crippen LogP contribution in [0.1, 0.15) is 76.0 Å². The van der Waals surface area contributed by atoms with E-state index in [0.717, 1.165) is 73.8 Å². The average molecular weight is 559 g/mol. The van der Waals surface area contributed by atoms with E-state index in [9.17, 15) is 4.79 Å². The van der Waals surface area contributed by atoms with Crippen molar-refractivity contribution >= 4 is 23.1 Å². The maximum Gasteiger partial charge on any atom is 0.338 e. The van der Waals surface area contributed by atoms with Gasteiger partial charge in [0.1, 0.15) is 5.76 Å². The lowest BCUT2D eigenvalue weighted by Gasteiger charge is -2.37. The number of methoxy groups -OCH3 is 2. The van der Waals surface area contributed by atoms with Crippen LogP contribution in [0.4, 0.5) is 4.79 Å². The number of urea groups is 1. The van der Waals surface area contributed by atoms with Gasteiger partial charge in [-0.1, -0.05) is 80.9 Å². The van der Waals surface area contributed by atoms with E-state index in [-0.39, 0.29) is 12.1 Å². The predicted octanol–water partition coefficient (Wildman–Crippen LogP) is 7.57. The zero-order valence-electron chi connectivity index (χ0n) is 25.3. The minimum absolute atomic E-state index is 0.144. The van der Waals surface area contributed by atoms with Gasteiger partial charge in [-0.3, -0.25) is 0 Å². The Morgan fingerprint density at radius 3 is 2.39 bits per heavy atom. The van der Waals surface area contributed by atoms with Gasteiger partial charge in [-0.25, -0.2) is 20.6 Å². The Balaban J connectivity index is 1.85. The zero-order valence-corrected chi connectivity index (χ0v) is 25.3. The molecule has 1 aliphatic rings. The van der Waals surface area contributed by atoms with Gasteiger partial charge < -0.3 is 14.4 Å². The number of nitrogens with two attached hydrogens (primary N) is 1. The molecule has 1 unspecified atom stereocenters. The van der Waals surface area contributed by atoms with E-state index in [1.165, 1.54) is 10.6 Å². The van der Waals surface area contributed by atoms with E-state index in [2.05, 4.69) is 31.0 Å². The van der Waals surface area contributed by atoms with E-state index in [1.54, 1.807) is 26.6 Å². The Morgan fingerprint density at radius 1 is 1.05 bits per heavy atom. The Labute approximate surface area is 246 Å². The van der Waals surface area contributed by atoms with Crippen molar-refractivity contribution in [2.45, 2.75) is 71.8 Å². The van der Waals surface area contributed by atoms with Crippen LogP contribution in [0.25, 0.3) is 11.1 Å². The molecule has 0 aromatic heterocycles. The zero-order chi connectivity index (χ0) is 29.6. The number of piperidine rings is 1. The largest absolute Gasteiger partial charge is 0.501 e. The van der Waals surface area contributed by atoms with Crippen LogP contribution in [0.2, 0.25) is 0 Å². The molecule has 7 nitrogen and oxygen atoms in total. The second-order valence-corrected chi connectivity index (χ2v) is 10.3. The molecule has 0 saturated carbocycles. The molecular formula is C34H46N4O3. The summed E-state index contributed by atoms with van der Waals surface area (Å²) in [5.41, 5.74) is 4.96. The van der Waals surface area contributed by atoms with Gasteiger partial charge in [-0.2, -0.15) is 0 Å². The van der Waals surface area contributed by atoms with Crippen molar-refractivity contribution in [3.63, 3.8) is 0 Å². The second-order valence-electron chi connectivity index (χ2n) is 10.3. The molecule has 0 spiro atoms. The van der Waals surface area contributed by atoms with Crippen LogP contribution >= 0.6 is 0 Å². The number of hydrogen-bond donors (Lipinski definition) is 1. The predicted molar refractivity (Wildman–Crippen MR) is 169 cm³/mol. The Kier molecular flexibility index (Phi) is 12.7. The van der Waals surface area contributed by atoms with Crippen LogP contribution in [0, 0.1) is 0 Å². The van der Waals surface area contributed by atoms with Gasteiger partial charge in [0.05, 0.1) is 19.8 Å². The maximum atomic E-state index is 13.6. The Hall–Kier alpha value is -3.84. The highest BCUT2D eigenvalue weighted by molar-refractivity contribution is 6.20. The third-order valence-electron chi connectivity index (χ3n) is 7.36. The van der Waals surface area contributed by atoms with Crippen LogP contribution in [0.3, 0.4) is 0 Å². The van der Waals surface area contributed by atoms with Crippen LogP contribution in [-0.2, 0) is 15.9 Å². The number of aliphatic imine (C=N–C) groups is 1. The molecule has 1 fully saturated rings. The summed E-state index contributed by atoms with van der Waals surface area (Å²) in [4.78, 5) is 20.0. The lowest BCUT2D eigenvalue weighted by Crippen LogP contribution is -2.51. The summed E-state index contributed by atoms with van der Waals surface area (Å²) in [5.74, 6) is 7.62. The number of benzene rings is 2.